The van der Waals surface area contributed by atoms with Gasteiger partial charge in [0.2, 0.25) is 0 Å². The lowest BCUT2D eigenvalue weighted by molar-refractivity contribution is 0.0273. The molecule has 1 saturated carbocycles. The summed E-state index contributed by atoms with van der Waals surface area (Å²) < 4.78 is 0. The van der Waals surface area contributed by atoms with Gasteiger partial charge >= 0.3 is 0 Å². The fourth-order valence-corrected chi connectivity index (χ4v) is 3.96. The van der Waals surface area contributed by atoms with Crippen molar-refractivity contribution in [1.29, 1.82) is 0 Å². The molecule has 2 N–H and O–H groups in total. The van der Waals surface area contributed by atoms with Crippen molar-refractivity contribution in [3.05, 3.63) is 35.9 Å². The Labute approximate surface area is 134 Å². The minimum atomic E-state index is -0.158. The summed E-state index contributed by atoms with van der Waals surface area (Å²) >= 11 is 0. The first-order valence-corrected chi connectivity index (χ1v) is 8.52. The molecular formula is C19H28N2O. The average Bonchev–Trinajstić information content (AvgIpc) is 2.54. The third kappa shape index (κ3) is 3.36. The van der Waals surface area contributed by atoms with Gasteiger partial charge in [-0.15, -0.1) is 0 Å². The van der Waals surface area contributed by atoms with E-state index in [-0.39, 0.29) is 6.10 Å². The fraction of sp³-hybridized carbons (Fsp3) is 0.579. The number of aliphatic hydroxyl groups excluding tert-OH is 1. The van der Waals surface area contributed by atoms with E-state index in [1.807, 2.05) is 0 Å². The summed E-state index contributed by atoms with van der Waals surface area (Å²) in [5.41, 5.74) is 2.49. The second-order valence-corrected chi connectivity index (χ2v) is 6.94. The highest BCUT2D eigenvalue weighted by atomic mass is 16.3. The molecule has 22 heavy (non-hydrogen) atoms. The number of piperidine rings is 1. The van der Waals surface area contributed by atoms with E-state index in [9.17, 15) is 5.11 Å². The minimum Gasteiger partial charge on any atom is -0.391 e. The van der Waals surface area contributed by atoms with Gasteiger partial charge in [0.25, 0.3) is 0 Å². The molecule has 4 atom stereocenters. The largest absolute Gasteiger partial charge is 0.391 e. The molecule has 1 saturated heterocycles. The second kappa shape index (κ2) is 6.84. The lowest BCUT2D eigenvalue weighted by Crippen LogP contribution is -2.54. The Hall–Kier alpha value is -1.32. The number of rotatable bonds is 3. The number of hydrogen-bond acceptors (Lipinski definition) is 3. The molecule has 0 spiro atoms. The molecule has 1 aromatic carbocycles. The van der Waals surface area contributed by atoms with E-state index in [0.717, 1.165) is 19.4 Å². The molecule has 1 aliphatic carbocycles. The van der Waals surface area contributed by atoms with Gasteiger partial charge in [0.15, 0.2) is 0 Å². The maximum atomic E-state index is 10.2. The summed E-state index contributed by atoms with van der Waals surface area (Å²) in [5.74, 6) is 1.18. The van der Waals surface area contributed by atoms with Crippen LogP contribution in [0.25, 0.3) is 6.08 Å². The van der Waals surface area contributed by atoms with Gasteiger partial charge in [0.05, 0.1) is 6.10 Å². The Balaban J connectivity index is 1.68. The number of allylic oxidation sites excluding steroid dienone is 1. The first kappa shape index (κ1) is 15.6. The maximum absolute atomic E-state index is 10.2. The van der Waals surface area contributed by atoms with Crippen molar-refractivity contribution >= 4 is 11.8 Å². The van der Waals surface area contributed by atoms with E-state index in [1.54, 1.807) is 0 Å². The van der Waals surface area contributed by atoms with Crippen LogP contribution in [0.15, 0.2) is 30.3 Å². The standard InChI is InChI=1S/C19H28N2O/c1-21(2)16-10-7-14(8-11-16)6-9-15-12-13-20-19-17(15)4-3-5-18(19)22/h6-11,15,17-20,22H,3-5,12-13H2,1-2H3/b9-6-. The van der Waals surface area contributed by atoms with Gasteiger partial charge in [0, 0.05) is 25.8 Å². The van der Waals surface area contributed by atoms with Gasteiger partial charge in [-0.3, -0.25) is 0 Å². The Bertz CT molecular complexity index is 509. The Kier molecular flexibility index (Phi) is 4.84. The number of aliphatic hydroxyl groups is 1. The molecule has 120 valence electrons. The van der Waals surface area contributed by atoms with Crippen LogP contribution in [0.4, 0.5) is 5.69 Å². The molecule has 0 amide bonds. The molecule has 1 aromatic rings. The average molecular weight is 300 g/mol. The zero-order chi connectivity index (χ0) is 15.5. The summed E-state index contributed by atoms with van der Waals surface area (Å²) in [6.45, 7) is 1.02. The van der Waals surface area contributed by atoms with Gasteiger partial charge < -0.3 is 15.3 Å². The van der Waals surface area contributed by atoms with Gasteiger partial charge in [-0.2, -0.15) is 0 Å². The third-order valence-electron chi connectivity index (χ3n) is 5.27. The normalized spacial score (nSPS) is 32.0. The monoisotopic (exact) mass is 300 g/mol. The number of fused-ring (bicyclic) bond motifs is 1. The van der Waals surface area contributed by atoms with Gasteiger partial charge in [-0.05, 0) is 55.3 Å². The van der Waals surface area contributed by atoms with Crippen molar-refractivity contribution < 1.29 is 5.11 Å². The van der Waals surface area contributed by atoms with E-state index < -0.39 is 0 Å². The van der Waals surface area contributed by atoms with Gasteiger partial charge in [-0.25, -0.2) is 0 Å². The van der Waals surface area contributed by atoms with E-state index >= 15 is 0 Å². The smallest absolute Gasteiger partial charge is 0.0696 e. The molecule has 0 radical (unpaired) electrons. The maximum Gasteiger partial charge on any atom is 0.0696 e. The van der Waals surface area contributed by atoms with Crippen molar-refractivity contribution in [1.82, 2.24) is 5.32 Å². The predicted octanol–water partition coefficient (Wildman–Crippen LogP) is 2.90. The molecule has 2 fully saturated rings. The number of hydrogen-bond donors (Lipinski definition) is 2. The molecule has 3 nitrogen and oxygen atoms in total. The van der Waals surface area contributed by atoms with E-state index in [2.05, 4.69) is 60.7 Å². The number of benzene rings is 1. The highest BCUT2D eigenvalue weighted by molar-refractivity contribution is 5.55. The fourth-order valence-electron chi connectivity index (χ4n) is 3.96. The van der Waals surface area contributed by atoms with Crippen LogP contribution in [0, 0.1) is 11.8 Å². The van der Waals surface area contributed by atoms with Crippen LogP contribution in [-0.4, -0.2) is 37.9 Å². The van der Waals surface area contributed by atoms with Crippen LogP contribution in [0.3, 0.4) is 0 Å². The molecule has 2 aliphatic rings. The summed E-state index contributed by atoms with van der Waals surface area (Å²) in [6.07, 6.45) is 9.01. The lowest BCUT2D eigenvalue weighted by Gasteiger charge is -2.43. The van der Waals surface area contributed by atoms with E-state index in [1.165, 1.54) is 24.1 Å². The molecule has 3 heteroatoms. The summed E-state index contributed by atoms with van der Waals surface area (Å²) in [7, 11) is 4.13. The summed E-state index contributed by atoms with van der Waals surface area (Å²) in [5, 5.41) is 13.7. The van der Waals surface area contributed by atoms with E-state index in [4.69, 9.17) is 0 Å². The van der Waals surface area contributed by atoms with Crippen molar-refractivity contribution in [3.8, 4) is 0 Å². The van der Waals surface area contributed by atoms with Crippen molar-refractivity contribution in [2.45, 2.75) is 37.8 Å². The third-order valence-corrected chi connectivity index (χ3v) is 5.27. The second-order valence-electron chi connectivity index (χ2n) is 6.94. The molecule has 4 unspecified atom stereocenters. The van der Waals surface area contributed by atoms with Gasteiger partial charge in [0.1, 0.15) is 0 Å². The number of nitrogens with one attached hydrogen (secondary N) is 1. The summed E-state index contributed by atoms with van der Waals surface area (Å²) in [6, 6.07) is 8.98. The van der Waals surface area contributed by atoms with Crippen LogP contribution in [0.2, 0.25) is 0 Å². The lowest BCUT2D eigenvalue weighted by atomic mass is 9.71. The molecule has 3 rings (SSSR count). The summed E-state index contributed by atoms with van der Waals surface area (Å²) in [4.78, 5) is 2.12. The van der Waals surface area contributed by atoms with Crippen LogP contribution in [-0.2, 0) is 0 Å². The molecule has 0 aromatic heterocycles. The quantitative estimate of drug-likeness (QED) is 0.901. The highest BCUT2D eigenvalue weighted by Gasteiger charge is 2.38. The SMILES string of the molecule is CN(C)c1ccc(/C=C\C2CCNC3C(O)CCCC23)cc1. The number of anilines is 1. The van der Waals surface area contributed by atoms with Crippen molar-refractivity contribution in [2.75, 3.05) is 25.5 Å². The highest BCUT2D eigenvalue weighted by Crippen LogP contribution is 2.36. The van der Waals surface area contributed by atoms with Crippen molar-refractivity contribution in [2.24, 2.45) is 11.8 Å². The Morgan fingerprint density at radius 3 is 2.64 bits per heavy atom. The van der Waals surface area contributed by atoms with E-state index in [0.29, 0.717) is 17.9 Å². The zero-order valence-corrected chi connectivity index (χ0v) is 13.7. The molecular weight excluding hydrogens is 272 g/mol. The molecule has 1 heterocycles. The predicted molar refractivity (Wildman–Crippen MR) is 93.0 cm³/mol. The van der Waals surface area contributed by atoms with Crippen LogP contribution >= 0.6 is 0 Å². The molecule has 1 aliphatic heterocycles. The first-order valence-electron chi connectivity index (χ1n) is 8.52. The number of nitrogens with zero attached hydrogens (tertiary/aromatic N) is 1. The van der Waals surface area contributed by atoms with Crippen LogP contribution < -0.4 is 10.2 Å². The van der Waals surface area contributed by atoms with Crippen LogP contribution in [0.5, 0.6) is 0 Å². The molecule has 0 bridgehead atoms. The Morgan fingerprint density at radius 2 is 1.91 bits per heavy atom. The van der Waals surface area contributed by atoms with Gasteiger partial charge in [-0.1, -0.05) is 30.7 Å². The Morgan fingerprint density at radius 1 is 1.14 bits per heavy atom. The minimum absolute atomic E-state index is 0.158. The van der Waals surface area contributed by atoms with Crippen molar-refractivity contribution in [3.63, 3.8) is 0 Å². The zero-order valence-electron chi connectivity index (χ0n) is 13.7. The topological polar surface area (TPSA) is 35.5 Å². The van der Waals surface area contributed by atoms with Crippen LogP contribution in [0.1, 0.15) is 31.2 Å². The first-order chi connectivity index (χ1) is 10.6.